The van der Waals surface area contributed by atoms with Gasteiger partial charge in [0.1, 0.15) is 23.0 Å². The monoisotopic (exact) mass is 732 g/mol. The van der Waals surface area contributed by atoms with Crippen molar-refractivity contribution in [1.82, 2.24) is 0 Å². The summed E-state index contributed by atoms with van der Waals surface area (Å²) in [6.45, 7) is 0. The van der Waals surface area contributed by atoms with Gasteiger partial charge in [0, 0.05) is 20.3 Å². The first-order chi connectivity index (χ1) is 19.0. The predicted molar refractivity (Wildman–Crippen MR) is 127 cm³/mol. The topological polar surface area (TPSA) is 72.2 Å². The summed E-state index contributed by atoms with van der Waals surface area (Å²) < 4.78 is 177. The Hall–Kier alpha value is -3.58. The number of hydrogen-bond acceptors (Lipinski definition) is 2. The molecule has 4 nitrogen and oxygen atoms in total. The summed E-state index contributed by atoms with van der Waals surface area (Å²) in [5.41, 5.74) is -11.7. The number of anilines is 1. The summed E-state index contributed by atoms with van der Waals surface area (Å²) in [6.07, 6.45) is -19.3. The molecule has 2 amide bonds. The number of nitrogens with one attached hydrogen (secondary N) is 1. The highest BCUT2D eigenvalue weighted by Crippen LogP contribution is 2.54. The van der Waals surface area contributed by atoms with Crippen LogP contribution >= 0.6 is 22.6 Å². The van der Waals surface area contributed by atoms with Gasteiger partial charge >= 0.3 is 24.2 Å². The molecule has 0 aliphatic heterocycles. The number of nitrogens with two attached hydrogens (primary N) is 1. The van der Waals surface area contributed by atoms with E-state index in [0.717, 1.165) is 34.7 Å². The number of halogens is 14. The molecule has 0 aliphatic carbocycles. The van der Waals surface area contributed by atoms with Gasteiger partial charge in [0.15, 0.2) is 0 Å². The van der Waals surface area contributed by atoms with E-state index in [2.05, 4.69) is 0 Å². The SMILES string of the molecule is NC(=O)c1c(F)ccc(-c2cccc(C(=O)Nc3c(I)cc(C(F)(C(F)(F)F)C(F)(F)F)cc3C(F)(F)F)c2F)c1F. The molecule has 42 heavy (non-hydrogen) atoms. The van der Waals surface area contributed by atoms with Gasteiger partial charge in [0.05, 0.1) is 16.8 Å². The van der Waals surface area contributed by atoms with Gasteiger partial charge in [-0.2, -0.15) is 39.5 Å². The van der Waals surface area contributed by atoms with E-state index in [9.17, 15) is 62.3 Å². The largest absolute Gasteiger partial charge is 0.435 e. The van der Waals surface area contributed by atoms with E-state index >= 15 is 4.39 Å². The number of benzene rings is 3. The van der Waals surface area contributed by atoms with Gasteiger partial charge in [0.25, 0.3) is 11.8 Å². The number of alkyl halides is 10. The molecule has 0 saturated carbocycles. The van der Waals surface area contributed by atoms with Crippen molar-refractivity contribution >= 4 is 40.1 Å². The molecule has 0 heterocycles. The van der Waals surface area contributed by atoms with Crippen LogP contribution < -0.4 is 11.1 Å². The van der Waals surface area contributed by atoms with E-state index in [4.69, 9.17) is 5.73 Å². The summed E-state index contributed by atoms with van der Waals surface area (Å²) in [4.78, 5) is 24.2. The number of carbonyl (C=O) groups excluding carboxylic acids is 2. The Labute approximate surface area is 238 Å². The van der Waals surface area contributed by atoms with E-state index in [1.807, 2.05) is 0 Å². The Morgan fingerprint density at radius 2 is 1.31 bits per heavy atom. The van der Waals surface area contributed by atoms with E-state index < -0.39 is 102 Å². The minimum absolute atomic E-state index is 0.238. The van der Waals surface area contributed by atoms with E-state index in [1.165, 1.54) is 5.32 Å². The summed E-state index contributed by atoms with van der Waals surface area (Å²) in [7, 11) is 0. The Morgan fingerprint density at radius 1 is 0.762 bits per heavy atom. The minimum atomic E-state index is -6.75. The summed E-state index contributed by atoms with van der Waals surface area (Å²) >= 11 is 0.804. The first-order valence-electron chi connectivity index (χ1n) is 10.7. The van der Waals surface area contributed by atoms with Gasteiger partial charge in [0.2, 0.25) is 0 Å². The minimum Gasteiger partial charge on any atom is -0.365 e. The van der Waals surface area contributed by atoms with E-state index in [0.29, 0.717) is 18.2 Å². The van der Waals surface area contributed by atoms with Gasteiger partial charge in [-0.25, -0.2) is 17.6 Å². The Balaban J connectivity index is 2.17. The molecule has 0 aromatic heterocycles. The zero-order valence-electron chi connectivity index (χ0n) is 19.7. The molecule has 3 aromatic rings. The normalized spacial score (nSPS) is 12.8. The van der Waals surface area contributed by atoms with Crippen LogP contribution in [-0.4, -0.2) is 24.2 Å². The summed E-state index contributed by atoms with van der Waals surface area (Å²) in [5, 5.41) is 1.51. The molecule has 18 heteroatoms. The van der Waals surface area contributed by atoms with Gasteiger partial charge in [-0.1, -0.05) is 12.1 Å². The highest BCUT2D eigenvalue weighted by atomic mass is 127. The fourth-order valence-electron chi connectivity index (χ4n) is 3.73. The molecule has 0 atom stereocenters. The second kappa shape index (κ2) is 10.9. The van der Waals surface area contributed by atoms with Crippen molar-refractivity contribution in [2.24, 2.45) is 5.73 Å². The van der Waals surface area contributed by atoms with Crippen LogP contribution in [0.25, 0.3) is 11.1 Å². The lowest BCUT2D eigenvalue weighted by atomic mass is 9.92. The van der Waals surface area contributed by atoms with Crippen molar-refractivity contribution in [2.75, 3.05) is 5.32 Å². The Bertz CT molecular complexity index is 1570. The van der Waals surface area contributed by atoms with E-state index in [1.54, 1.807) is 0 Å². The van der Waals surface area contributed by atoms with Crippen LogP contribution in [0.5, 0.6) is 0 Å². The highest BCUT2D eigenvalue weighted by molar-refractivity contribution is 14.1. The molecule has 3 aromatic carbocycles. The van der Waals surface area contributed by atoms with Crippen LogP contribution in [0.15, 0.2) is 42.5 Å². The molecular weight excluding hydrogens is 722 g/mol. The molecule has 0 fully saturated rings. The number of primary amides is 1. The Morgan fingerprint density at radius 3 is 1.81 bits per heavy atom. The van der Waals surface area contributed by atoms with Gasteiger partial charge in [-0.15, -0.1) is 0 Å². The smallest absolute Gasteiger partial charge is 0.365 e. The third-order valence-electron chi connectivity index (χ3n) is 5.68. The van der Waals surface area contributed by atoms with Crippen LogP contribution in [0.1, 0.15) is 31.8 Å². The summed E-state index contributed by atoms with van der Waals surface area (Å²) in [6, 6.07) is 2.48. The van der Waals surface area contributed by atoms with Crippen LogP contribution in [-0.2, 0) is 11.8 Å². The first kappa shape index (κ1) is 32.9. The van der Waals surface area contributed by atoms with Gasteiger partial charge in [-0.05, 0) is 52.9 Å². The van der Waals surface area contributed by atoms with Crippen molar-refractivity contribution in [3.05, 3.63) is 85.7 Å². The second-order valence-corrected chi connectivity index (χ2v) is 9.46. The molecule has 3 rings (SSSR count). The molecule has 0 radical (unpaired) electrons. The van der Waals surface area contributed by atoms with Crippen LogP contribution in [0.3, 0.4) is 0 Å². The average molecular weight is 732 g/mol. The summed E-state index contributed by atoms with van der Waals surface area (Å²) in [5.74, 6) is -8.09. The van der Waals surface area contributed by atoms with E-state index in [-0.39, 0.29) is 6.07 Å². The van der Waals surface area contributed by atoms with Crippen molar-refractivity contribution < 1.29 is 66.7 Å². The Kier molecular flexibility index (Phi) is 8.56. The third-order valence-corrected chi connectivity index (χ3v) is 6.53. The molecule has 0 unspecified atom stereocenters. The number of carbonyl (C=O) groups is 2. The molecule has 0 spiro atoms. The maximum atomic E-state index is 15.3. The predicted octanol–water partition coefficient (Wildman–Crippen LogP) is 8.03. The molecular formula is C24H10F13IN2O2. The maximum absolute atomic E-state index is 15.3. The third kappa shape index (κ3) is 5.71. The maximum Gasteiger partial charge on any atom is 0.435 e. The fraction of sp³-hybridized carbons (Fsp3) is 0.167. The molecule has 3 N–H and O–H groups in total. The van der Waals surface area contributed by atoms with Gasteiger partial charge < -0.3 is 11.1 Å². The number of hydrogen-bond donors (Lipinski definition) is 2. The zero-order valence-corrected chi connectivity index (χ0v) is 21.9. The fourth-order valence-corrected chi connectivity index (χ4v) is 4.49. The quantitative estimate of drug-likeness (QED) is 0.206. The lowest BCUT2D eigenvalue weighted by molar-refractivity contribution is -0.348. The molecule has 0 bridgehead atoms. The first-order valence-corrected chi connectivity index (χ1v) is 11.7. The van der Waals surface area contributed by atoms with Crippen molar-refractivity contribution in [3.63, 3.8) is 0 Å². The molecule has 0 aliphatic rings. The zero-order chi connectivity index (χ0) is 32.2. The van der Waals surface area contributed by atoms with Crippen molar-refractivity contribution in [2.45, 2.75) is 24.2 Å². The van der Waals surface area contributed by atoms with Crippen molar-refractivity contribution in [3.8, 4) is 11.1 Å². The van der Waals surface area contributed by atoms with Crippen LogP contribution in [0.4, 0.5) is 62.8 Å². The number of amides is 2. The lowest BCUT2D eigenvalue weighted by Gasteiger charge is -2.31. The second-order valence-electron chi connectivity index (χ2n) is 8.30. The lowest BCUT2D eigenvalue weighted by Crippen LogP contribution is -2.50. The van der Waals surface area contributed by atoms with Crippen molar-refractivity contribution in [1.29, 1.82) is 0 Å². The molecule has 0 saturated heterocycles. The van der Waals surface area contributed by atoms with Crippen LogP contribution in [0.2, 0.25) is 0 Å². The number of rotatable bonds is 5. The standard InChI is InChI=1S/C24H10F13IN2O2/c25-13-5-4-10(17(27)15(13)19(39)41)9-2-1-3-11(16(9)26)20(42)40-18-12(22(29,30)31)6-8(7-14(18)38)21(28,23(32,33)34)24(35,36)37/h1-7H,(H2,39,41)(H,40,42). The average Bonchev–Trinajstić information content (AvgIpc) is 2.82. The van der Waals surface area contributed by atoms with Gasteiger partial charge in [-0.3, -0.25) is 9.59 Å². The van der Waals surface area contributed by atoms with Crippen LogP contribution in [0, 0.1) is 21.0 Å². The highest BCUT2D eigenvalue weighted by Gasteiger charge is 2.73. The molecule has 226 valence electrons.